The van der Waals surface area contributed by atoms with Crippen LogP contribution in [0.15, 0.2) is 205 Å². The molecule has 1 aliphatic rings. The van der Waals surface area contributed by atoms with Crippen LogP contribution < -0.4 is 0 Å². The molecule has 0 N–H and O–H groups in total. The van der Waals surface area contributed by atoms with Gasteiger partial charge in [0.15, 0.2) is 11.6 Å². The number of nitriles is 1. The molecular weight excluding hydrogens is 809 g/mol. The van der Waals surface area contributed by atoms with Crippen LogP contribution in [0.3, 0.4) is 0 Å². The number of hydrogen-bond donors (Lipinski definition) is 0. The summed E-state index contributed by atoms with van der Waals surface area (Å²) in [5.74, 6) is 1.60. The molecule has 0 bridgehead atoms. The number of benzene rings is 9. The first-order valence-corrected chi connectivity index (χ1v) is 22.1. The average molecular weight is 843 g/mol. The normalized spacial score (nSPS) is 13.3. The van der Waals surface area contributed by atoms with Gasteiger partial charge in [-0.1, -0.05) is 140 Å². The second-order valence-corrected chi connectivity index (χ2v) is 17.0. The highest BCUT2D eigenvalue weighted by Crippen LogP contribution is 2.51. The van der Waals surface area contributed by atoms with Crippen molar-refractivity contribution in [3.63, 3.8) is 0 Å². The zero-order valence-electron chi connectivity index (χ0n) is 35.2. The largest absolute Gasteiger partial charge is 0.456 e. The summed E-state index contributed by atoms with van der Waals surface area (Å²) < 4.78 is 11.2. The van der Waals surface area contributed by atoms with Crippen molar-refractivity contribution in [2.45, 2.75) is 5.92 Å². The van der Waals surface area contributed by atoms with Crippen LogP contribution in [-0.2, 0) is 0 Å². The Bertz CT molecular complexity index is 4140. The Morgan fingerprint density at radius 1 is 0.455 bits per heavy atom. The van der Waals surface area contributed by atoms with Crippen molar-refractivity contribution in [2.75, 3.05) is 0 Å². The Balaban J connectivity index is 0.996. The third-order valence-electron chi connectivity index (χ3n) is 13.5. The maximum absolute atomic E-state index is 11.1. The zero-order valence-corrected chi connectivity index (χ0v) is 35.2. The molecule has 7 nitrogen and oxygen atoms in total. The average Bonchev–Trinajstić information content (AvgIpc) is 4.12. The van der Waals surface area contributed by atoms with Gasteiger partial charge in [0.1, 0.15) is 17.2 Å². The van der Waals surface area contributed by atoms with E-state index in [0.29, 0.717) is 28.7 Å². The Morgan fingerprint density at radius 2 is 1.08 bits per heavy atom. The molecule has 14 rings (SSSR count). The van der Waals surface area contributed by atoms with Crippen LogP contribution in [0, 0.1) is 11.3 Å². The van der Waals surface area contributed by atoms with E-state index in [4.69, 9.17) is 19.4 Å². The molecule has 0 aliphatic heterocycles. The lowest BCUT2D eigenvalue weighted by Crippen LogP contribution is -2.06. The van der Waals surface area contributed by atoms with E-state index < -0.39 is 0 Å². The molecule has 66 heavy (non-hydrogen) atoms. The summed E-state index contributed by atoms with van der Waals surface area (Å²) in [6, 6.07) is 71.9. The lowest BCUT2D eigenvalue weighted by molar-refractivity contribution is 0.669. The van der Waals surface area contributed by atoms with E-state index in [0.717, 1.165) is 76.8 Å². The first-order valence-electron chi connectivity index (χ1n) is 22.1. The van der Waals surface area contributed by atoms with E-state index in [1.165, 1.54) is 27.8 Å². The maximum Gasteiger partial charge on any atom is 0.238 e. The number of nitrogens with zero attached hydrogens (tertiary/aromatic N) is 6. The molecule has 1 unspecified atom stereocenters. The SMILES string of the molecule is N#Cc1cc(-c2nc(-c3ccccc3)nc(-n3c4ccccc4c4ccccc43)n2)ccc1-n1c2ccccc2c2ccc3oc4cc5c(cc4c3c21)C(c1ccccc1)c1ccccc1-5. The van der Waals surface area contributed by atoms with Gasteiger partial charge in [0.25, 0.3) is 0 Å². The van der Waals surface area contributed by atoms with Crippen LogP contribution >= 0.6 is 0 Å². The van der Waals surface area contributed by atoms with Crippen molar-refractivity contribution in [1.82, 2.24) is 24.1 Å². The number of rotatable bonds is 5. The Labute approximate surface area is 377 Å². The molecule has 0 fully saturated rings. The second-order valence-electron chi connectivity index (χ2n) is 17.0. The van der Waals surface area contributed by atoms with Gasteiger partial charge in [0.2, 0.25) is 5.95 Å². The molecule has 13 aromatic rings. The zero-order chi connectivity index (χ0) is 43.5. The van der Waals surface area contributed by atoms with Crippen LogP contribution in [0.5, 0.6) is 0 Å². The molecule has 0 spiro atoms. The first kappa shape index (κ1) is 36.4. The van der Waals surface area contributed by atoms with Crippen molar-refractivity contribution in [1.29, 1.82) is 5.26 Å². The van der Waals surface area contributed by atoms with Crippen LogP contribution in [0.2, 0.25) is 0 Å². The molecular formula is C59H34N6O. The Hall–Kier alpha value is -9.12. The molecule has 4 aromatic heterocycles. The summed E-state index contributed by atoms with van der Waals surface area (Å²) >= 11 is 0. The first-order chi connectivity index (χ1) is 32.7. The highest BCUT2D eigenvalue weighted by molar-refractivity contribution is 6.25. The second kappa shape index (κ2) is 13.9. The molecule has 9 aromatic carbocycles. The fraction of sp³-hybridized carbons (Fsp3) is 0.0169. The minimum atomic E-state index is 0.0860. The van der Waals surface area contributed by atoms with Gasteiger partial charge in [-0.05, 0) is 88.5 Å². The van der Waals surface area contributed by atoms with E-state index in [1.807, 2.05) is 60.7 Å². The molecule has 0 saturated heterocycles. The van der Waals surface area contributed by atoms with Gasteiger partial charge in [-0.3, -0.25) is 4.57 Å². The fourth-order valence-electron chi connectivity index (χ4n) is 10.7. The summed E-state index contributed by atoms with van der Waals surface area (Å²) in [5.41, 5.74) is 14.7. The summed E-state index contributed by atoms with van der Waals surface area (Å²) in [5, 5.41) is 17.6. The molecule has 0 radical (unpaired) electrons. The van der Waals surface area contributed by atoms with Crippen LogP contribution in [0.4, 0.5) is 0 Å². The van der Waals surface area contributed by atoms with E-state index in [2.05, 4.69) is 155 Å². The van der Waals surface area contributed by atoms with Crippen LogP contribution in [-0.4, -0.2) is 24.1 Å². The van der Waals surface area contributed by atoms with Gasteiger partial charge in [-0.25, -0.2) is 4.98 Å². The number of hydrogen-bond acceptors (Lipinski definition) is 5. The highest BCUT2D eigenvalue weighted by atomic mass is 16.3. The van der Waals surface area contributed by atoms with Crippen molar-refractivity contribution in [3.05, 3.63) is 222 Å². The predicted molar refractivity (Wildman–Crippen MR) is 264 cm³/mol. The van der Waals surface area contributed by atoms with Gasteiger partial charge >= 0.3 is 0 Å². The van der Waals surface area contributed by atoms with Crippen molar-refractivity contribution in [2.24, 2.45) is 0 Å². The Morgan fingerprint density at radius 3 is 1.80 bits per heavy atom. The Kier molecular flexibility index (Phi) is 7.68. The minimum absolute atomic E-state index is 0.0860. The molecule has 4 heterocycles. The molecule has 0 saturated carbocycles. The van der Waals surface area contributed by atoms with Gasteiger partial charge in [0.05, 0.1) is 38.7 Å². The third kappa shape index (κ3) is 5.21. The lowest BCUT2D eigenvalue weighted by atomic mass is 9.89. The fourth-order valence-corrected chi connectivity index (χ4v) is 10.7. The van der Waals surface area contributed by atoms with Crippen molar-refractivity contribution < 1.29 is 4.42 Å². The molecule has 306 valence electrons. The van der Waals surface area contributed by atoms with Gasteiger partial charge in [0, 0.05) is 44.0 Å². The quantitative estimate of drug-likeness (QED) is 0.172. The maximum atomic E-state index is 11.1. The number of fused-ring (bicyclic) bond motifs is 13. The van der Waals surface area contributed by atoms with Crippen LogP contribution in [0.1, 0.15) is 28.2 Å². The number of furan rings is 1. The molecule has 1 aliphatic carbocycles. The smallest absolute Gasteiger partial charge is 0.238 e. The van der Waals surface area contributed by atoms with E-state index in [-0.39, 0.29) is 5.92 Å². The predicted octanol–water partition coefficient (Wildman–Crippen LogP) is 14.3. The summed E-state index contributed by atoms with van der Waals surface area (Å²) in [7, 11) is 0. The van der Waals surface area contributed by atoms with Crippen molar-refractivity contribution in [3.8, 4) is 51.6 Å². The lowest BCUT2D eigenvalue weighted by Gasteiger charge is -2.14. The monoisotopic (exact) mass is 842 g/mol. The van der Waals surface area contributed by atoms with Crippen molar-refractivity contribution >= 4 is 65.6 Å². The summed E-state index contributed by atoms with van der Waals surface area (Å²) in [6.45, 7) is 0. The molecule has 1 atom stereocenters. The standard InChI is InChI=1S/C59H34N6O/c60-34-38-31-37(58-61-57(36-17-5-2-6-18-36)62-59(63-58)65-50-25-13-9-20-40(50)41-21-10-14-26-51(41)65)27-29-48(38)64-49-24-12-11-22-42(49)44-28-30-52-55(56(44)64)47-32-46-45(33-53(47)66-52)39-19-7-8-23-43(39)54(46)35-15-3-1-4-16-35/h1-33,54H. The number of aromatic nitrogens is 5. The third-order valence-corrected chi connectivity index (χ3v) is 13.5. The minimum Gasteiger partial charge on any atom is -0.456 e. The van der Waals surface area contributed by atoms with Crippen LogP contribution in [0.25, 0.3) is 111 Å². The van der Waals surface area contributed by atoms with Gasteiger partial charge < -0.3 is 8.98 Å². The molecule has 7 heteroatoms. The topological polar surface area (TPSA) is 85.5 Å². The number of para-hydroxylation sites is 3. The molecule has 0 amide bonds. The van der Waals surface area contributed by atoms with Gasteiger partial charge in [-0.2, -0.15) is 15.2 Å². The van der Waals surface area contributed by atoms with Gasteiger partial charge in [-0.15, -0.1) is 0 Å². The van der Waals surface area contributed by atoms with E-state index >= 15 is 0 Å². The van der Waals surface area contributed by atoms with E-state index in [9.17, 15) is 5.26 Å². The van der Waals surface area contributed by atoms with E-state index in [1.54, 1.807) is 0 Å². The summed E-state index contributed by atoms with van der Waals surface area (Å²) in [6.07, 6.45) is 0. The summed E-state index contributed by atoms with van der Waals surface area (Å²) in [4.78, 5) is 15.4. The highest BCUT2D eigenvalue weighted by Gasteiger charge is 2.32.